The maximum absolute atomic E-state index is 5.96. The largest absolute Gasteiger partial charge is 0.255 e. The van der Waals surface area contributed by atoms with E-state index in [-0.39, 0.29) is 0 Å². The van der Waals surface area contributed by atoms with E-state index >= 15 is 0 Å². The van der Waals surface area contributed by atoms with Crippen LogP contribution in [0.15, 0.2) is 97.6 Å². The summed E-state index contributed by atoms with van der Waals surface area (Å²) in [5, 5.41) is 0.981. The van der Waals surface area contributed by atoms with Crippen molar-refractivity contribution in [3.05, 3.63) is 130 Å². The Morgan fingerprint density at radius 1 is 0.381 bits per heavy atom. The second-order valence-corrected chi connectivity index (χ2v) is 11.4. The molecule has 0 radical (unpaired) electrons. The van der Waals surface area contributed by atoms with Crippen molar-refractivity contribution in [1.29, 1.82) is 0 Å². The average molecular weight is 588 g/mol. The molecule has 2 aromatic carbocycles. The number of aryl methyl sites for hydroxylation is 4. The Morgan fingerprint density at radius 2 is 0.810 bits per heavy atom. The van der Waals surface area contributed by atoms with E-state index in [1.54, 1.807) is 12.4 Å². The molecular weight excluding hydrogens is 559 g/mol. The van der Waals surface area contributed by atoms with Crippen LogP contribution in [0.4, 0.5) is 0 Å². The predicted molar refractivity (Wildman–Crippen MR) is 174 cm³/mol. The average Bonchev–Trinajstić information content (AvgIpc) is 2.98. The lowest BCUT2D eigenvalue weighted by atomic mass is 9.94. The van der Waals surface area contributed by atoms with E-state index in [9.17, 15) is 0 Å². The number of rotatable bonds is 5. The van der Waals surface area contributed by atoms with E-state index in [0.717, 1.165) is 72.6 Å². The molecule has 0 fully saturated rings. The van der Waals surface area contributed by atoms with Crippen LogP contribution in [0.25, 0.3) is 55.9 Å². The minimum Gasteiger partial charge on any atom is -0.255 e. The summed E-state index contributed by atoms with van der Waals surface area (Å²) in [6.07, 6.45) is 7.47. The second-order valence-electron chi connectivity index (χ2n) is 10.6. The summed E-state index contributed by atoms with van der Waals surface area (Å²) in [5.74, 6) is 0. The van der Waals surface area contributed by atoms with E-state index in [1.807, 2.05) is 36.7 Å². The number of pyridine rings is 4. The fraction of sp³-hybridized carbons (Fsp3) is 0.111. The molecule has 4 aromatic heterocycles. The third-order valence-corrected chi connectivity index (χ3v) is 8.02. The monoisotopic (exact) mass is 586 g/mol. The van der Waals surface area contributed by atoms with Gasteiger partial charge in [-0.3, -0.25) is 9.97 Å². The van der Waals surface area contributed by atoms with Gasteiger partial charge in [-0.25, -0.2) is 9.97 Å². The minimum absolute atomic E-state index is 0.489. The van der Waals surface area contributed by atoms with Gasteiger partial charge < -0.3 is 0 Å². The Bertz CT molecular complexity index is 1930. The van der Waals surface area contributed by atoms with Crippen molar-refractivity contribution >= 4 is 23.2 Å². The van der Waals surface area contributed by atoms with Crippen LogP contribution >= 0.6 is 23.2 Å². The van der Waals surface area contributed by atoms with Crippen molar-refractivity contribution in [2.45, 2.75) is 27.7 Å². The molecule has 6 aromatic rings. The van der Waals surface area contributed by atoms with Crippen molar-refractivity contribution in [1.82, 2.24) is 19.9 Å². The van der Waals surface area contributed by atoms with Gasteiger partial charge in [-0.1, -0.05) is 59.6 Å². The summed E-state index contributed by atoms with van der Waals surface area (Å²) in [5.41, 5.74) is 15.1. The summed E-state index contributed by atoms with van der Waals surface area (Å²) >= 11 is 11.9. The van der Waals surface area contributed by atoms with Gasteiger partial charge in [0, 0.05) is 52.6 Å². The molecule has 0 amide bonds. The molecule has 4 heterocycles. The number of nitrogens with zero attached hydrogens (tertiary/aromatic N) is 4. The molecule has 0 bridgehead atoms. The highest BCUT2D eigenvalue weighted by Crippen LogP contribution is 2.34. The molecule has 6 rings (SSSR count). The highest BCUT2D eigenvalue weighted by Gasteiger charge is 2.13. The normalized spacial score (nSPS) is 11.1. The molecule has 0 N–H and O–H groups in total. The summed E-state index contributed by atoms with van der Waals surface area (Å²) < 4.78 is 0. The Hall–Kier alpha value is -4.38. The molecule has 206 valence electrons. The number of hydrogen-bond donors (Lipinski definition) is 0. The first-order valence-electron chi connectivity index (χ1n) is 13.7. The molecule has 0 aliphatic heterocycles. The quantitative estimate of drug-likeness (QED) is 0.188. The third-order valence-electron chi connectivity index (χ3n) is 7.57. The van der Waals surface area contributed by atoms with E-state index in [2.05, 4.69) is 86.2 Å². The molecule has 0 aliphatic carbocycles. The summed E-state index contributed by atoms with van der Waals surface area (Å²) in [4.78, 5) is 18.2. The van der Waals surface area contributed by atoms with Gasteiger partial charge in [-0.2, -0.15) is 0 Å². The van der Waals surface area contributed by atoms with Crippen LogP contribution in [0.2, 0.25) is 10.3 Å². The fourth-order valence-electron chi connectivity index (χ4n) is 5.38. The van der Waals surface area contributed by atoms with Crippen LogP contribution in [0.3, 0.4) is 0 Å². The van der Waals surface area contributed by atoms with Crippen LogP contribution < -0.4 is 0 Å². The van der Waals surface area contributed by atoms with Gasteiger partial charge in [-0.05, 0) is 103 Å². The Kier molecular flexibility index (Phi) is 7.59. The molecule has 0 spiro atoms. The minimum atomic E-state index is 0.489. The maximum Gasteiger partial charge on any atom is 0.129 e. The van der Waals surface area contributed by atoms with Gasteiger partial charge in [0.25, 0.3) is 0 Å². The molecule has 0 aliphatic rings. The van der Waals surface area contributed by atoms with Gasteiger partial charge >= 0.3 is 0 Å². The highest BCUT2D eigenvalue weighted by molar-refractivity contribution is 6.29. The van der Waals surface area contributed by atoms with Crippen LogP contribution in [-0.2, 0) is 0 Å². The molecule has 4 nitrogen and oxygen atoms in total. The van der Waals surface area contributed by atoms with E-state index in [4.69, 9.17) is 33.2 Å². The van der Waals surface area contributed by atoms with Crippen LogP contribution in [0.1, 0.15) is 22.3 Å². The lowest BCUT2D eigenvalue weighted by Gasteiger charge is -2.14. The van der Waals surface area contributed by atoms with Crippen LogP contribution in [0.5, 0.6) is 0 Å². The SMILES string of the molecule is Cc1cc(-c2ccc(Cl)nc2)ccc1-c1cnc(-c2cnc(-c3ccc(-c4ccc(Cl)nc4)cc3C)c(C)c2)c(C)c1. The number of benzene rings is 2. The maximum atomic E-state index is 5.96. The molecule has 0 unspecified atom stereocenters. The van der Waals surface area contributed by atoms with E-state index in [1.165, 1.54) is 5.56 Å². The van der Waals surface area contributed by atoms with Crippen molar-refractivity contribution in [3.63, 3.8) is 0 Å². The van der Waals surface area contributed by atoms with Crippen molar-refractivity contribution < 1.29 is 0 Å². The van der Waals surface area contributed by atoms with Crippen LogP contribution in [0, 0.1) is 27.7 Å². The Labute approximate surface area is 256 Å². The lowest BCUT2D eigenvalue weighted by Crippen LogP contribution is -1.96. The molecule has 0 saturated heterocycles. The van der Waals surface area contributed by atoms with Gasteiger partial charge in [0.1, 0.15) is 10.3 Å². The van der Waals surface area contributed by atoms with E-state index < -0.39 is 0 Å². The second kappa shape index (κ2) is 11.5. The van der Waals surface area contributed by atoms with Crippen molar-refractivity contribution in [2.75, 3.05) is 0 Å². The molecule has 6 heteroatoms. The molecule has 0 saturated carbocycles. The zero-order valence-corrected chi connectivity index (χ0v) is 25.3. The van der Waals surface area contributed by atoms with E-state index in [0.29, 0.717) is 10.3 Å². The standard InChI is InChI=1S/C36H28Cl2N4/c1-21-13-25(27-7-11-33(37)39-17-27)5-9-31(21)29-15-23(3)35(41-19-29)30-16-24(4)36(42-20-30)32-10-6-26(14-22(32)2)28-8-12-34(38)40-18-28/h5-20H,1-4H3. The molecular formula is C36H28Cl2N4. The van der Waals surface area contributed by atoms with Crippen molar-refractivity contribution in [2.24, 2.45) is 0 Å². The number of aromatic nitrogens is 4. The first-order valence-corrected chi connectivity index (χ1v) is 14.4. The topological polar surface area (TPSA) is 51.6 Å². The lowest BCUT2D eigenvalue weighted by molar-refractivity contribution is 1.22. The summed E-state index contributed by atoms with van der Waals surface area (Å²) in [6, 6.07) is 24.8. The fourth-order valence-corrected chi connectivity index (χ4v) is 5.60. The first-order chi connectivity index (χ1) is 20.3. The van der Waals surface area contributed by atoms with Gasteiger partial charge in [0.2, 0.25) is 0 Å². The highest BCUT2D eigenvalue weighted by atomic mass is 35.5. The van der Waals surface area contributed by atoms with Crippen LogP contribution in [-0.4, -0.2) is 19.9 Å². The third kappa shape index (κ3) is 5.56. The summed E-state index contributed by atoms with van der Waals surface area (Å²) in [6.45, 7) is 8.45. The summed E-state index contributed by atoms with van der Waals surface area (Å²) in [7, 11) is 0. The molecule has 42 heavy (non-hydrogen) atoms. The Balaban J connectivity index is 1.26. The zero-order valence-electron chi connectivity index (χ0n) is 23.8. The zero-order chi connectivity index (χ0) is 29.4. The first kappa shape index (κ1) is 27.8. The predicted octanol–water partition coefficient (Wildman–Crippen LogP) is 10.1. The van der Waals surface area contributed by atoms with Gasteiger partial charge in [-0.15, -0.1) is 0 Å². The van der Waals surface area contributed by atoms with Crippen molar-refractivity contribution in [3.8, 4) is 55.9 Å². The molecule has 0 atom stereocenters. The smallest absolute Gasteiger partial charge is 0.129 e. The number of halogens is 2. The van der Waals surface area contributed by atoms with Gasteiger partial charge in [0.15, 0.2) is 0 Å². The Morgan fingerprint density at radius 3 is 1.31 bits per heavy atom. The van der Waals surface area contributed by atoms with Gasteiger partial charge in [0.05, 0.1) is 11.4 Å². The number of hydrogen-bond acceptors (Lipinski definition) is 4.